The topological polar surface area (TPSA) is 120 Å². The maximum Gasteiger partial charge on any atom is 0.262 e. The third kappa shape index (κ3) is 2.18. The molecule has 0 saturated carbocycles. The number of para-hydroxylation sites is 1. The van der Waals surface area contributed by atoms with Gasteiger partial charge >= 0.3 is 0 Å². The van der Waals surface area contributed by atoms with Crippen molar-refractivity contribution < 1.29 is 14.0 Å². The number of pyridine rings is 1. The fraction of sp³-hybridized carbons (Fsp3) is 0. The Bertz CT molecular complexity index is 1350. The second-order valence-corrected chi connectivity index (χ2v) is 6.28. The highest BCUT2D eigenvalue weighted by Gasteiger charge is 2.32. The fourth-order valence-electron chi connectivity index (χ4n) is 3.35. The van der Waals surface area contributed by atoms with Crippen molar-refractivity contribution in [3.8, 4) is 17.1 Å². The lowest BCUT2D eigenvalue weighted by molar-refractivity contribution is 0.0880. The first kappa shape index (κ1) is 16.0. The number of nitrogens with zero attached hydrogens (tertiary/aromatic N) is 2. The van der Waals surface area contributed by atoms with Crippen molar-refractivity contribution in [2.24, 2.45) is 0 Å². The molecule has 2 aromatic carbocycles. The molecule has 3 heterocycles. The molecule has 5 rings (SSSR count). The van der Waals surface area contributed by atoms with Crippen molar-refractivity contribution in [3.05, 3.63) is 76.1 Å². The van der Waals surface area contributed by atoms with Gasteiger partial charge in [-0.25, -0.2) is 4.98 Å². The van der Waals surface area contributed by atoms with Crippen LogP contribution in [0.25, 0.3) is 28.2 Å². The van der Waals surface area contributed by atoms with E-state index in [1.807, 2.05) is 30.3 Å². The summed E-state index contributed by atoms with van der Waals surface area (Å²) in [5.74, 6) is -1.00. The first-order chi connectivity index (χ1) is 13.5. The predicted molar refractivity (Wildman–Crippen MR) is 101 cm³/mol. The van der Waals surface area contributed by atoms with Gasteiger partial charge in [0.05, 0.1) is 16.8 Å². The van der Waals surface area contributed by atoms with Gasteiger partial charge in [0.2, 0.25) is 5.89 Å². The van der Waals surface area contributed by atoms with Gasteiger partial charge in [0.25, 0.3) is 17.4 Å². The third-order valence-electron chi connectivity index (χ3n) is 4.61. The quantitative estimate of drug-likeness (QED) is 0.520. The highest BCUT2D eigenvalue weighted by Crippen LogP contribution is 2.30. The standard InChI is InChI=1S/C20H12N4O4/c21-17-15-11(18(26)23-19(15)27)9-14(25)24(17)12-7-4-8-13-16(12)22-20(28-13)10-5-2-1-3-6-10/h1-9H,21H2,(H,23,26,27). The number of nitrogens with two attached hydrogens (primary N) is 1. The Morgan fingerprint density at radius 1 is 0.964 bits per heavy atom. The van der Waals surface area contributed by atoms with Crippen LogP contribution in [-0.4, -0.2) is 21.4 Å². The fourth-order valence-corrected chi connectivity index (χ4v) is 3.35. The molecule has 0 radical (unpaired) electrons. The smallest absolute Gasteiger partial charge is 0.262 e. The van der Waals surface area contributed by atoms with Gasteiger partial charge in [0, 0.05) is 11.6 Å². The van der Waals surface area contributed by atoms with Crippen LogP contribution in [0, 0.1) is 0 Å². The number of rotatable bonds is 2. The molecule has 2 aromatic heterocycles. The number of fused-ring (bicyclic) bond motifs is 2. The van der Waals surface area contributed by atoms with Crippen LogP contribution in [0.3, 0.4) is 0 Å². The first-order valence-corrected chi connectivity index (χ1v) is 8.41. The Balaban J connectivity index is 1.78. The van der Waals surface area contributed by atoms with Gasteiger partial charge in [-0.1, -0.05) is 24.3 Å². The van der Waals surface area contributed by atoms with E-state index in [0.29, 0.717) is 22.7 Å². The Morgan fingerprint density at radius 2 is 1.75 bits per heavy atom. The number of carbonyl (C=O) groups is 2. The van der Waals surface area contributed by atoms with Crippen molar-refractivity contribution in [3.63, 3.8) is 0 Å². The monoisotopic (exact) mass is 372 g/mol. The summed E-state index contributed by atoms with van der Waals surface area (Å²) >= 11 is 0. The lowest BCUT2D eigenvalue weighted by Gasteiger charge is -2.11. The normalized spacial score (nSPS) is 13.0. The number of anilines is 1. The van der Waals surface area contributed by atoms with Gasteiger partial charge in [0.15, 0.2) is 5.58 Å². The Labute approximate surface area is 157 Å². The zero-order valence-corrected chi connectivity index (χ0v) is 14.3. The summed E-state index contributed by atoms with van der Waals surface area (Å²) in [7, 11) is 0. The molecule has 28 heavy (non-hydrogen) atoms. The molecule has 4 aromatic rings. The highest BCUT2D eigenvalue weighted by molar-refractivity contribution is 6.23. The molecule has 1 aliphatic heterocycles. The minimum Gasteiger partial charge on any atom is -0.436 e. The number of nitrogens with one attached hydrogen (secondary N) is 1. The van der Waals surface area contributed by atoms with E-state index in [2.05, 4.69) is 10.3 Å². The SMILES string of the molecule is Nc1c2c(cc(=O)n1-c1cccc3oc(-c4ccccc4)nc13)C(=O)NC2=O. The molecular weight excluding hydrogens is 360 g/mol. The Hall–Kier alpha value is -4.20. The molecule has 0 spiro atoms. The van der Waals surface area contributed by atoms with Crippen molar-refractivity contribution in [1.82, 2.24) is 14.9 Å². The van der Waals surface area contributed by atoms with Crippen LogP contribution in [-0.2, 0) is 0 Å². The number of imide groups is 1. The summed E-state index contributed by atoms with van der Waals surface area (Å²) in [5.41, 5.74) is 7.55. The minimum atomic E-state index is -0.637. The maximum absolute atomic E-state index is 12.7. The molecule has 8 nitrogen and oxygen atoms in total. The van der Waals surface area contributed by atoms with E-state index < -0.39 is 17.4 Å². The van der Waals surface area contributed by atoms with Crippen LogP contribution < -0.4 is 16.6 Å². The largest absolute Gasteiger partial charge is 0.436 e. The van der Waals surface area contributed by atoms with Gasteiger partial charge in [-0.15, -0.1) is 0 Å². The average molecular weight is 372 g/mol. The zero-order chi connectivity index (χ0) is 19.4. The van der Waals surface area contributed by atoms with Gasteiger partial charge in [-0.2, -0.15) is 0 Å². The summed E-state index contributed by atoms with van der Waals surface area (Å²) in [6, 6.07) is 15.5. The summed E-state index contributed by atoms with van der Waals surface area (Å²) in [6.07, 6.45) is 0. The molecule has 3 N–H and O–H groups in total. The molecule has 0 fully saturated rings. The molecule has 0 unspecified atom stereocenters. The summed E-state index contributed by atoms with van der Waals surface area (Å²) in [6.45, 7) is 0. The maximum atomic E-state index is 12.7. The third-order valence-corrected chi connectivity index (χ3v) is 4.61. The average Bonchev–Trinajstić information content (AvgIpc) is 3.24. The Morgan fingerprint density at radius 3 is 2.54 bits per heavy atom. The van der Waals surface area contributed by atoms with E-state index in [4.69, 9.17) is 10.2 Å². The minimum absolute atomic E-state index is 0.0200. The number of oxazole rings is 1. The number of aromatic nitrogens is 2. The van der Waals surface area contributed by atoms with Crippen LogP contribution in [0.1, 0.15) is 20.7 Å². The van der Waals surface area contributed by atoms with Crippen LogP contribution in [0.5, 0.6) is 0 Å². The van der Waals surface area contributed by atoms with E-state index in [9.17, 15) is 14.4 Å². The summed E-state index contributed by atoms with van der Waals surface area (Å²) < 4.78 is 6.99. The van der Waals surface area contributed by atoms with Crippen molar-refractivity contribution >= 4 is 28.7 Å². The molecular formula is C20H12N4O4. The zero-order valence-electron chi connectivity index (χ0n) is 14.3. The lowest BCUT2D eigenvalue weighted by Crippen LogP contribution is -2.24. The van der Waals surface area contributed by atoms with E-state index in [1.54, 1.807) is 18.2 Å². The van der Waals surface area contributed by atoms with Gasteiger partial charge in [-0.05, 0) is 24.3 Å². The molecule has 1 aliphatic rings. The molecule has 0 aliphatic carbocycles. The molecule has 0 saturated heterocycles. The molecule has 2 amide bonds. The molecule has 136 valence electrons. The Kier molecular flexibility index (Phi) is 3.23. The number of amides is 2. The summed E-state index contributed by atoms with van der Waals surface area (Å²) in [5, 5.41) is 2.15. The van der Waals surface area contributed by atoms with E-state index in [-0.39, 0.29) is 16.9 Å². The van der Waals surface area contributed by atoms with E-state index in [0.717, 1.165) is 16.2 Å². The number of nitrogen functional groups attached to an aromatic ring is 1. The van der Waals surface area contributed by atoms with E-state index >= 15 is 0 Å². The number of carbonyl (C=O) groups excluding carboxylic acids is 2. The van der Waals surface area contributed by atoms with Gasteiger partial charge < -0.3 is 10.2 Å². The van der Waals surface area contributed by atoms with E-state index in [1.165, 1.54) is 0 Å². The van der Waals surface area contributed by atoms with Crippen molar-refractivity contribution in [1.29, 1.82) is 0 Å². The van der Waals surface area contributed by atoms with Crippen LogP contribution in [0.4, 0.5) is 5.82 Å². The van der Waals surface area contributed by atoms with Crippen LogP contribution >= 0.6 is 0 Å². The molecule has 0 atom stereocenters. The first-order valence-electron chi connectivity index (χ1n) is 8.41. The van der Waals surface area contributed by atoms with Crippen molar-refractivity contribution in [2.75, 3.05) is 5.73 Å². The molecule has 0 bridgehead atoms. The van der Waals surface area contributed by atoms with Crippen molar-refractivity contribution in [2.45, 2.75) is 0 Å². The lowest BCUT2D eigenvalue weighted by atomic mass is 10.1. The van der Waals surface area contributed by atoms with Crippen LogP contribution in [0.15, 0.2) is 63.8 Å². The van der Waals surface area contributed by atoms with Crippen LogP contribution in [0.2, 0.25) is 0 Å². The summed E-state index contributed by atoms with van der Waals surface area (Å²) in [4.78, 5) is 41.1. The van der Waals surface area contributed by atoms with Gasteiger partial charge in [-0.3, -0.25) is 24.3 Å². The second-order valence-electron chi connectivity index (χ2n) is 6.28. The second kappa shape index (κ2) is 5.65. The number of hydrogen-bond acceptors (Lipinski definition) is 6. The van der Waals surface area contributed by atoms with Gasteiger partial charge in [0.1, 0.15) is 11.3 Å². The highest BCUT2D eigenvalue weighted by atomic mass is 16.3. The molecule has 8 heteroatoms. The predicted octanol–water partition coefficient (Wildman–Crippen LogP) is 2.11. The number of benzene rings is 2. The number of hydrogen-bond donors (Lipinski definition) is 2.